The Hall–Kier alpha value is -0.350. The van der Waals surface area contributed by atoms with Gasteiger partial charge >= 0.3 is 0 Å². The highest BCUT2D eigenvalue weighted by atomic mass is 35.5. The first-order valence-corrected chi connectivity index (χ1v) is 5.95. The zero-order valence-corrected chi connectivity index (χ0v) is 13.9. The molecule has 0 spiro atoms. The first-order valence-electron chi connectivity index (χ1n) is 5.95. The van der Waals surface area contributed by atoms with Gasteiger partial charge in [0.15, 0.2) is 0 Å². The van der Waals surface area contributed by atoms with Crippen molar-refractivity contribution in [2.75, 3.05) is 37.8 Å². The summed E-state index contributed by atoms with van der Waals surface area (Å²) in [5, 5.41) is 0. The van der Waals surface area contributed by atoms with E-state index in [1.807, 2.05) is 0 Å². The van der Waals surface area contributed by atoms with E-state index < -0.39 is 0 Å². The van der Waals surface area contributed by atoms with Gasteiger partial charge in [-0.25, -0.2) is 0 Å². The number of hydrogen-bond acceptors (Lipinski definition) is 3. The maximum Gasteiger partial charge on any atom is 0.0600 e. The zero-order chi connectivity index (χ0) is 11.5. The van der Waals surface area contributed by atoms with Crippen LogP contribution in [-0.2, 0) is 6.54 Å². The molecule has 19 heavy (non-hydrogen) atoms. The average molecular weight is 329 g/mol. The molecule has 0 bridgehead atoms. The number of nitrogens with zero attached hydrogens (tertiary/aromatic N) is 2. The number of benzene rings is 1. The summed E-state index contributed by atoms with van der Waals surface area (Å²) in [4.78, 5) is 4.54. The Balaban J connectivity index is 0. The van der Waals surface area contributed by atoms with Crippen LogP contribution in [0, 0.1) is 0 Å². The summed E-state index contributed by atoms with van der Waals surface area (Å²) < 4.78 is 0. The van der Waals surface area contributed by atoms with Gasteiger partial charge in [-0.2, -0.15) is 0 Å². The highest BCUT2D eigenvalue weighted by molar-refractivity contribution is 5.86. The smallest absolute Gasteiger partial charge is 0.0600 e. The molecule has 3 nitrogen and oxygen atoms in total. The molecule has 0 saturated carbocycles. The number of rotatable bonds is 3. The largest absolute Gasteiger partial charge is 0.397 e. The number of anilines is 2. The van der Waals surface area contributed by atoms with Gasteiger partial charge in [0, 0.05) is 19.6 Å². The topological polar surface area (TPSA) is 32.5 Å². The molecule has 1 aliphatic rings. The molecular weight excluding hydrogens is 305 g/mol. The van der Waals surface area contributed by atoms with Gasteiger partial charge in [0.25, 0.3) is 0 Å². The second-order valence-corrected chi connectivity index (χ2v) is 4.83. The summed E-state index contributed by atoms with van der Waals surface area (Å²) in [6, 6.07) is 6.46. The van der Waals surface area contributed by atoms with E-state index in [9.17, 15) is 0 Å². The standard InChI is InChI=1S/C13H21N3.3ClH/c1-15(2)10-11-5-6-13(12(14)9-11)16-7-3-4-8-16;;;/h5-6,9H,3-4,7-8,10,14H2,1-2H3;3*1H. The van der Waals surface area contributed by atoms with Crippen molar-refractivity contribution in [1.82, 2.24) is 4.90 Å². The van der Waals surface area contributed by atoms with E-state index >= 15 is 0 Å². The van der Waals surface area contributed by atoms with Crippen LogP contribution in [0.3, 0.4) is 0 Å². The Bertz CT molecular complexity index is 366. The second kappa shape index (κ2) is 9.54. The minimum atomic E-state index is 0. The van der Waals surface area contributed by atoms with Crippen molar-refractivity contribution in [3.05, 3.63) is 23.8 Å². The van der Waals surface area contributed by atoms with E-state index in [-0.39, 0.29) is 37.2 Å². The van der Waals surface area contributed by atoms with Crippen LogP contribution in [0.25, 0.3) is 0 Å². The molecule has 0 radical (unpaired) electrons. The van der Waals surface area contributed by atoms with Crippen molar-refractivity contribution in [2.24, 2.45) is 0 Å². The van der Waals surface area contributed by atoms with Crippen LogP contribution in [-0.4, -0.2) is 32.1 Å². The maximum atomic E-state index is 6.12. The maximum absolute atomic E-state index is 6.12. The molecule has 6 heteroatoms. The van der Waals surface area contributed by atoms with Crippen molar-refractivity contribution in [3.63, 3.8) is 0 Å². The first kappa shape index (κ1) is 21.0. The van der Waals surface area contributed by atoms with Crippen molar-refractivity contribution in [3.8, 4) is 0 Å². The van der Waals surface area contributed by atoms with Crippen LogP contribution in [0.1, 0.15) is 18.4 Å². The summed E-state index contributed by atoms with van der Waals surface area (Å²) in [6.45, 7) is 3.25. The van der Waals surface area contributed by atoms with Crippen LogP contribution in [0.5, 0.6) is 0 Å². The first-order chi connectivity index (χ1) is 7.66. The van der Waals surface area contributed by atoms with E-state index in [1.165, 1.54) is 24.1 Å². The van der Waals surface area contributed by atoms with E-state index in [0.717, 1.165) is 25.3 Å². The summed E-state index contributed by atoms with van der Waals surface area (Å²) in [6.07, 6.45) is 2.58. The third-order valence-corrected chi connectivity index (χ3v) is 3.04. The molecule has 0 aromatic heterocycles. The third kappa shape index (κ3) is 5.65. The molecule has 0 aliphatic carbocycles. The molecule has 1 aliphatic heterocycles. The molecule has 112 valence electrons. The zero-order valence-electron chi connectivity index (χ0n) is 11.5. The number of nitrogens with two attached hydrogens (primary N) is 1. The van der Waals surface area contributed by atoms with E-state index in [0.29, 0.717) is 0 Å². The van der Waals surface area contributed by atoms with Gasteiger partial charge in [0.1, 0.15) is 0 Å². The number of halogens is 3. The molecular formula is C13H24Cl3N3. The fraction of sp³-hybridized carbons (Fsp3) is 0.538. The molecule has 1 saturated heterocycles. The minimum Gasteiger partial charge on any atom is -0.397 e. The molecule has 2 rings (SSSR count). The number of hydrogen-bond donors (Lipinski definition) is 1. The molecule has 1 aromatic rings. The Morgan fingerprint density at radius 2 is 1.68 bits per heavy atom. The molecule has 2 N–H and O–H groups in total. The average Bonchev–Trinajstić information content (AvgIpc) is 2.69. The Morgan fingerprint density at radius 1 is 1.11 bits per heavy atom. The van der Waals surface area contributed by atoms with Crippen LogP contribution < -0.4 is 10.6 Å². The predicted octanol–water partition coefficient (Wildman–Crippen LogP) is 3.20. The highest BCUT2D eigenvalue weighted by Gasteiger charge is 2.14. The Labute approximate surface area is 134 Å². The van der Waals surface area contributed by atoms with Crippen molar-refractivity contribution >= 4 is 48.6 Å². The lowest BCUT2D eigenvalue weighted by atomic mass is 10.1. The summed E-state index contributed by atoms with van der Waals surface area (Å²) in [5.41, 5.74) is 9.53. The Morgan fingerprint density at radius 3 is 2.16 bits per heavy atom. The fourth-order valence-electron chi connectivity index (χ4n) is 2.31. The molecule has 0 amide bonds. The van der Waals surface area contributed by atoms with Crippen LogP contribution >= 0.6 is 37.2 Å². The minimum absolute atomic E-state index is 0. The van der Waals surface area contributed by atoms with Gasteiger partial charge in [-0.1, -0.05) is 6.07 Å². The van der Waals surface area contributed by atoms with Gasteiger partial charge in [0.2, 0.25) is 0 Å². The molecule has 1 aromatic carbocycles. The monoisotopic (exact) mass is 327 g/mol. The third-order valence-electron chi connectivity index (χ3n) is 3.04. The van der Waals surface area contributed by atoms with E-state index in [1.54, 1.807) is 0 Å². The fourth-order valence-corrected chi connectivity index (χ4v) is 2.31. The highest BCUT2D eigenvalue weighted by Crippen LogP contribution is 2.27. The van der Waals surface area contributed by atoms with E-state index in [4.69, 9.17) is 5.73 Å². The van der Waals surface area contributed by atoms with Gasteiger partial charge < -0.3 is 15.5 Å². The van der Waals surface area contributed by atoms with Crippen LogP contribution in [0.4, 0.5) is 11.4 Å². The van der Waals surface area contributed by atoms with E-state index in [2.05, 4.69) is 42.1 Å². The molecule has 1 fully saturated rings. The molecule has 0 atom stereocenters. The number of nitrogen functional groups attached to an aromatic ring is 1. The van der Waals surface area contributed by atoms with Crippen molar-refractivity contribution in [1.29, 1.82) is 0 Å². The SMILES string of the molecule is CN(C)Cc1ccc(N2CCCC2)c(N)c1.Cl.Cl.Cl. The van der Waals surface area contributed by atoms with Crippen molar-refractivity contribution < 1.29 is 0 Å². The van der Waals surface area contributed by atoms with Gasteiger partial charge in [-0.05, 0) is 44.6 Å². The summed E-state index contributed by atoms with van der Waals surface area (Å²) >= 11 is 0. The quantitative estimate of drug-likeness (QED) is 0.865. The van der Waals surface area contributed by atoms with Gasteiger partial charge in [-0.3, -0.25) is 0 Å². The van der Waals surface area contributed by atoms with Crippen LogP contribution in [0.2, 0.25) is 0 Å². The van der Waals surface area contributed by atoms with Gasteiger partial charge in [0.05, 0.1) is 11.4 Å². The van der Waals surface area contributed by atoms with Crippen molar-refractivity contribution in [2.45, 2.75) is 19.4 Å². The summed E-state index contributed by atoms with van der Waals surface area (Å²) in [5.74, 6) is 0. The van der Waals surface area contributed by atoms with Crippen LogP contribution in [0.15, 0.2) is 18.2 Å². The molecule has 1 heterocycles. The Kier molecular flexibility index (Phi) is 10.5. The normalized spacial score (nSPS) is 13.5. The summed E-state index contributed by atoms with van der Waals surface area (Å²) in [7, 11) is 4.15. The second-order valence-electron chi connectivity index (χ2n) is 4.83. The predicted molar refractivity (Wildman–Crippen MR) is 91.4 cm³/mol. The lowest BCUT2D eigenvalue weighted by Crippen LogP contribution is -2.19. The van der Waals surface area contributed by atoms with Gasteiger partial charge in [-0.15, -0.1) is 37.2 Å². The molecule has 0 unspecified atom stereocenters. The lowest BCUT2D eigenvalue weighted by molar-refractivity contribution is 0.402. The lowest BCUT2D eigenvalue weighted by Gasteiger charge is -2.20.